The molecule has 0 atom stereocenters. The fraction of sp³-hybridized carbons (Fsp3) is 1.00. The number of ether oxygens (including phenoxy) is 3. The van der Waals surface area contributed by atoms with E-state index >= 15 is 0 Å². The van der Waals surface area contributed by atoms with Crippen molar-refractivity contribution in [1.29, 1.82) is 0 Å². The van der Waals surface area contributed by atoms with Crippen LogP contribution in [0.5, 0.6) is 0 Å². The zero-order valence-corrected chi connectivity index (χ0v) is 12.8. The van der Waals surface area contributed by atoms with Gasteiger partial charge in [-0.25, -0.2) is 0 Å². The Hall–Kier alpha value is -0.200. The SMILES string of the molecule is CNC1CCC(OCCOCCN2CCOCC2)CC1. The molecule has 1 aliphatic heterocycles. The van der Waals surface area contributed by atoms with E-state index in [1.54, 1.807) is 0 Å². The van der Waals surface area contributed by atoms with Crippen molar-refractivity contribution in [3.8, 4) is 0 Å². The zero-order chi connectivity index (χ0) is 14.0. The van der Waals surface area contributed by atoms with Crippen LogP contribution in [0.2, 0.25) is 0 Å². The van der Waals surface area contributed by atoms with E-state index in [9.17, 15) is 0 Å². The molecule has 5 nitrogen and oxygen atoms in total. The molecule has 0 radical (unpaired) electrons. The van der Waals surface area contributed by atoms with Crippen molar-refractivity contribution < 1.29 is 14.2 Å². The summed E-state index contributed by atoms with van der Waals surface area (Å²) in [5.74, 6) is 0. The molecule has 0 spiro atoms. The van der Waals surface area contributed by atoms with E-state index in [0.717, 1.165) is 52.7 Å². The lowest BCUT2D eigenvalue weighted by Gasteiger charge is -2.28. The lowest BCUT2D eigenvalue weighted by Crippen LogP contribution is -2.38. The Kier molecular flexibility index (Phi) is 7.83. The maximum atomic E-state index is 5.88. The molecule has 1 aliphatic carbocycles. The van der Waals surface area contributed by atoms with Gasteiger partial charge in [-0.3, -0.25) is 4.90 Å². The van der Waals surface area contributed by atoms with Crippen LogP contribution in [0.15, 0.2) is 0 Å². The van der Waals surface area contributed by atoms with Crippen molar-refractivity contribution >= 4 is 0 Å². The van der Waals surface area contributed by atoms with Gasteiger partial charge in [0.2, 0.25) is 0 Å². The Balaban J connectivity index is 1.40. The van der Waals surface area contributed by atoms with Crippen molar-refractivity contribution in [2.45, 2.75) is 37.8 Å². The van der Waals surface area contributed by atoms with Crippen LogP contribution in [0, 0.1) is 0 Å². The predicted octanol–water partition coefficient (Wildman–Crippen LogP) is 0.882. The topological polar surface area (TPSA) is 43.0 Å². The van der Waals surface area contributed by atoms with Crippen molar-refractivity contribution in [2.24, 2.45) is 0 Å². The summed E-state index contributed by atoms with van der Waals surface area (Å²) in [6, 6.07) is 0.694. The van der Waals surface area contributed by atoms with Gasteiger partial charge in [0.15, 0.2) is 0 Å². The largest absolute Gasteiger partial charge is 0.379 e. The second kappa shape index (κ2) is 9.68. The maximum Gasteiger partial charge on any atom is 0.0704 e. The fourth-order valence-electron chi connectivity index (χ4n) is 2.91. The van der Waals surface area contributed by atoms with Gasteiger partial charge in [0.05, 0.1) is 39.1 Å². The van der Waals surface area contributed by atoms with E-state index in [-0.39, 0.29) is 0 Å². The third-order valence-corrected chi connectivity index (χ3v) is 4.32. The van der Waals surface area contributed by atoms with Crippen LogP contribution in [0.25, 0.3) is 0 Å². The summed E-state index contributed by atoms with van der Waals surface area (Å²) in [5, 5.41) is 3.35. The summed E-state index contributed by atoms with van der Waals surface area (Å²) in [7, 11) is 2.05. The Morgan fingerprint density at radius 2 is 1.80 bits per heavy atom. The van der Waals surface area contributed by atoms with E-state index in [1.807, 2.05) is 7.05 Å². The third-order valence-electron chi connectivity index (χ3n) is 4.32. The number of nitrogens with zero attached hydrogens (tertiary/aromatic N) is 1. The highest BCUT2D eigenvalue weighted by atomic mass is 16.5. The first kappa shape index (κ1) is 16.2. The average molecular weight is 286 g/mol. The highest BCUT2D eigenvalue weighted by Gasteiger charge is 2.20. The van der Waals surface area contributed by atoms with Gasteiger partial charge in [0, 0.05) is 25.7 Å². The minimum absolute atomic E-state index is 0.447. The van der Waals surface area contributed by atoms with Gasteiger partial charge >= 0.3 is 0 Å². The summed E-state index contributed by atoms with van der Waals surface area (Å²) in [5.41, 5.74) is 0. The van der Waals surface area contributed by atoms with Crippen molar-refractivity contribution in [2.75, 3.05) is 59.7 Å². The Bertz CT molecular complexity index is 239. The zero-order valence-electron chi connectivity index (χ0n) is 12.8. The Labute approximate surface area is 122 Å². The normalized spacial score (nSPS) is 28.6. The highest BCUT2D eigenvalue weighted by molar-refractivity contribution is 4.76. The first-order valence-electron chi connectivity index (χ1n) is 8.05. The molecule has 0 amide bonds. The van der Waals surface area contributed by atoms with E-state index in [2.05, 4.69) is 10.2 Å². The number of hydrogen-bond acceptors (Lipinski definition) is 5. The van der Waals surface area contributed by atoms with Crippen molar-refractivity contribution in [3.63, 3.8) is 0 Å². The quantitative estimate of drug-likeness (QED) is 0.671. The van der Waals surface area contributed by atoms with E-state index < -0.39 is 0 Å². The van der Waals surface area contributed by atoms with Crippen LogP contribution in [0.4, 0.5) is 0 Å². The molecule has 0 aromatic carbocycles. The van der Waals surface area contributed by atoms with Crippen LogP contribution in [0.3, 0.4) is 0 Å². The van der Waals surface area contributed by atoms with Crippen molar-refractivity contribution in [3.05, 3.63) is 0 Å². The molecule has 2 fully saturated rings. The van der Waals surface area contributed by atoms with Crippen LogP contribution in [-0.4, -0.2) is 76.8 Å². The van der Waals surface area contributed by atoms with E-state index in [1.165, 1.54) is 25.7 Å². The predicted molar refractivity (Wildman–Crippen MR) is 79.1 cm³/mol. The molecule has 2 rings (SSSR count). The second-order valence-electron chi connectivity index (χ2n) is 5.70. The van der Waals surface area contributed by atoms with Crippen LogP contribution < -0.4 is 5.32 Å². The molecule has 20 heavy (non-hydrogen) atoms. The molecule has 5 heteroatoms. The van der Waals surface area contributed by atoms with E-state index in [0.29, 0.717) is 12.1 Å². The van der Waals surface area contributed by atoms with Gasteiger partial charge < -0.3 is 19.5 Å². The molecule has 0 unspecified atom stereocenters. The molecule has 1 saturated heterocycles. The van der Waals surface area contributed by atoms with Gasteiger partial charge in [-0.05, 0) is 32.7 Å². The van der Waals surface area contributed by atoms with Gasteiger partial charge in [0.1, 0.15) is 0 Å². The van der Waals surface area contributed by atoms with Gasteiger partial charge in [-0.1, -0.05) is 0 Å². The summed E-state index contributed by atoms with van der Waals surface area (Å²) in [6.45, 7) is 7.06. The molecule has 2 aliphatic rings. The Morgan fingerprint density at radius 3 is 2.50 bits per heavy atom. The molecule has 1 saturated carbocycles. The lowest BCUT2D eigenvalue weighted by molar-refractivity contribution is -0.0220. The van der Waals surface area contributed by atoms with E-state index in [4.69, 9.17) is 14.2 Å². The monoisotopic (exact) mass is 286 g/mol. The third kappa shape index (κ3) is 6.06. The molecular weight excluding hydrogens is 256 g/mol. The second-order valence-corrected chi connectivity index (χ2v) is 5.70. The molecule has 0 bridgehead atoms. The first-order chi connectivity index (χ1) is 9.88. The standard InChI is InChI=1S/C15H30N2O3/c1-16-14-2-4-15(5-3-14)20-13-12-19-11-8-17-6-9-18-10-7-17/h14-16H,2-13H2,1H3. The highest BCUT2D eigenvalue weighted by Crippen LogP contribution is 2.20. The summed E-state index contributed by atoms with van der Waals surface area (Å²) in [6.07, 6.45) is 5.28. The smallest absolute Gasteiger partial charge is 0.0704 e. The van der Waals surface area contributed by atoms with Crippen LogP contribution in [-0.2, 0) is 14.2 Å². The first-order valence-corrected chi connectivity index (χ1v) is 8.05. The van der Waals surface area contributed by atoms with Gasteiger partial charge in [-0.15, -0.1) is 0 Å². The summed E-state index contributed by atoms with van der Waals surface area (Å²) in [4.78, 5) is 2.39. The molecule has 0 aromatic rings. The molecular formula is C15H30N2O3. The summed E-state index contributed by atoms with van der Waals surface area (Å²) >= 11 is 0. The maximum absolute atomic E-state index is 5.88. The number of nitrogens with one attached hydrogen (secondary N) is 1. The van der Waals surface area contributed by atoms with Gasteiger partial charge in [0.25, 0.3) is 0 Å². The average Bonchev–Trinajstić information content (AvgIpc) is 2.52. The van der Waals surface area contributed by atoms with Crippen LogP contribution in [0.1, 0.15) is 25.7 Å². The minimum Gasteiger partial charge on any atom is -0.379 e. The Morgan fingerprint density at radius 1 is 1.05 bits per heavy atom. The number of morpholine rings is 1. The lowest BCUT2D eigenvalue weighted by atomic mass is 9.93. The fourth-order valence-corrected chi connectivity index (χ4v) is 2.91. The molecule has 1 N–H and O–H groups in total. The molecule has 118 valence electrons. The molecule has 0 aromatic heterocycles. The van der Waals surface area contributed by atoms with Crippen molar-refractivity contribution in [1.82, 2.24) is 10.2 Å². The number of hydrogen-bond donors (Lipinski definition) is 1. The molecule has 1 heterocycles. The van der Waals surface area contributed by atoms with Gasteiger partial charge in [-0.2, -0.15) is 0 Å². The summed E-state index contributed by atoms with van der Waals surface area (Å²) < 4.78 is 16.9. The number of rotatable bonds is 8. The minimum atomic E-state index is 0.447. The van der Waals surface area contributed by atoms with Crippen LogP contribution >= 0.6 is 0 Å².